The predicted molar refractivity (Wildman–Crippen MR) is 43.7 cm³/mol. The van der Waals surface area contributed by atoms with E-state index in [9.17, 15) is 0 Å². The third-order valence-corrected chi connectivity index (χ3v) is 2.11. The number of hydrogen-bond acceptors (Lipinski definition) is 2. The quantitative estimate of drug-likeness (QED) is 0.706. The van der Waals surface area contributed by atoms with Crippen LogP contribution in [0, 0.1) is 0 Å². The molecule has 0 fully saturated rings. The molecule has 46 valence electrons. The zero-order valence-electron chi connectivity index (χ0n) is 3.93. The van der Waals surface area contributed by atoms with Gasteiger partial charge in [-0.3, -0.25) is 0 Å². The molecule has 8 heavy (non-hydrogen) atoms. The first kappa shape index (κ1) is 8.27. The normalized spacial score (nSPS) is 8.12. The van der Waals surface area contributed by atoms with Crippen molar-refractivity contribution in [1.82, 2.24) is 0 Å². The largest absolute Gasteiger partial charge is 0.398 e. The van der Waals surface area contributed by atoms with Gasteiger partial charge in [0.05, 0.1) is 3.79 Å². The topological polar surface area (TPSA) is 26.0 Å². The van der Waals surface area contributed by atoms with Gasteiger partial charge in [-0.25, -0.2) is 0 Å². The van der Waals surface area contributed by atoms with Crippen LogP contribution in [-0.2, 0) is 0 Å². The van der Waals surface area contributed by atoms with Gasteiger partial charge >= 0.3 is 0 Å². The number of halogens is 2. The number of rotatable bonds is 0. The minimum Gasteiger partial charge on any atom is -0.398 e. The second-order valence-corrected chi connectivity index (χ2v) is 3.47. The fraction of sp³-hybridized carbons (Fsp3) is 0. The Balaban J connectivity index is 0.000000490. The van der Waals surface area contributed by atoms with Crippen molar-refractivity contribution in [3.63, 3.8) is 0 Å². The number of hydrogen-bond donors (Lipinski definition) is 1. The molecule has 0 unspecified atom stereocenters. The van der Waals surface area contributed by atoms with Gasteiger partial charge in [-0.15, -0.1) is 23.7 Å². The van der Waals surface area contributed by atoms with E-state index in [-0.39, 0.29) is 12.4 Å². The van der Waals surface area contributed by atoms with Crippen molar-refractivity contribution < 1.29 is 0 Å². The highest BCUT2D eigenvalue weighted by molar-refractivity contribution is 9.11. The highest BCUT2D eigenvalue weighted by Crippen LogP contribution is 2.21. The summed E-state index contributed by atoms with van der Waals surface area (Å²) in [6, 6.07) is 1.88. The molecule has 0 bridgehead atoms. The molecule has 2 N–H and O–H groups in total. The van der Waals surface area contributed by atoms with Crippen LogP contribution in [0.1, 0.15) is 0 Å². The lowest BCUT2D eigenvalue weighted by Gasteiger charge is -1.70. The summed E-state index contributed by atoms with van der Waals surface area (Å²) in [6.45, 7) is 0. The number of thiophene rings is 1. The predicted octanol–water partition coefficient (Wildman–Crippen LogP) is 2.51. The molecule has 0 saturated heterocycles. The summed E-state index contributed by atoms with van der Waals surface area (Å²) in [7, 11) is 0. The number of nitrogens with two attached hydrogens (primary N) is 1. The first-order valence-electron chi connectivity index (χ1n) is 1.78. The van der Waals surface area contributed by atoms with Gasteiger partial charge in [-0.05, 0) is 22.0 Å². The van der Waals surface area contributed by atoms with E-state index in [0.29, 0.717) is 0 Å². The second-order valence-electron chi connectivity index (χ2n) is 1.18. The molecule has 0 radical (unpaired) electrons. The third kappa shape index (κ3) is 2.03. The summed E-state index contributed by atoms with van der Waals surface area (Å²) in [5, 5.41) is 1.89. The fourth-order valence-corrected chi connectivity index (χ4v) is 1.39. The molecule has 1 aromatic rings. The maximum atomic E-state index is 5.36. The number of anilines is 1. The van der Waals surface area contributed by atoms with Crippen molar-refractivity contribution in [2.24, 2.45) is 0 Å². The average molecular weight is 215 g/mol. The maximum absolute atomic E-state index is 5.36. The third-order valence-electron chi connectivity index (χ3n) is 0.588. The molecule has 4 heteroatoms. The Labute approximate surface area is 66.4 Å². The molecule has 0 atom stereocenters. The van der Waals surface area contributed by atoms with Crippen LogP contribution in [0.4, 0.5) is 5.69 Å². The highest BCUT2D eigenvalue weighted by Gasteiger charge is 1.86. The van der Waals surface area contributed by atoms with Crippen molar-refractivity contribution in [2.45, 2.75) is 0 Å². The summed E-state index contributed by atoms with van der Waals surface area (Å²) in [4.78, 5) is 0. The van der Waals surface area contributed by atoms with E-state index in [1.165, 1.54) is 0 Å². The summed E-state index contributed by atoms with van der Waals surface area (Å²) in [5.41, 5.74) is 6.19. The van der Waals surface area contributed by atoms with E-state index in [1.807, 2.05) is 11.4 Å². The molecule has 0 aliphatic heterocycles. The van der Waals surface area contributed by atoms with E-state index in [2.05, 4.69) is 15.9 Å². The molecular formula is C4H5BrClNS. The molecule has 0 spiro atoms. The second kappa shape index (κ2) is 3.33. The molecule has 0 aliphatic rings. The van der Waals surface area contributed by atoms with Crippen LogP contribution < -0.4 is 5.73 Å². The van der Waals surface area contributed by atoms with E-state index in [4.69, 9.17) is 5.73 Å². The molecular weight excluding hydrogens is 209 g/mol. The van der Waals surface area contributed by atoms with Gasteiger partial charge in [0.15, 0.2) is 0 Å². The molecule has 1 heterocycles. The summed E-state index contributed by atoms with van der Waals surface area (Å²) in [5.74, 6) is 0. The first-order valence-corrected chi connectivity index (χ1v) is 3.46. The van der Waals surface area contributed by atoms with Crippen molar-refractivity contribution in [1.29, 1.82) is 0 Å². The smallest absolute Gasteiger partial charge is 0.0719 e. The SMILES string of the molecule is Cl.Nc1csc(Br)c1. The van der Waals surface area contributed by atoms with Crippen LogP contribution in [-0.4, -0.2) is 0 Å². The van der Waals surface area contributed by atoms with Gasteiger partial charge < -0.3 is 5.73 Å². The molecule has 0 aliphatic carbocycles. The molecule has 0 aromatic carbocycles. The lowest BCUT2D eigenvalue weighted by molar-refractivity contribution is 1.86. The Kier molecular flexibility index (Phi) is 3.44. The lowest BCUT2D eigenvalue weighted by atomic mass is 10.6. The molecule has 0 saturated carbocycles. The molecule has 1 aromatic heterocycles. The first-order chi connectivity index (χ1) is 3.29. The average Bonchev–Trinajstić information content (AvgIpc) is 1.87. The van der Waals surface area contributed by atoms with Crippen LogP contribution in [0.3, 0.4) is 0 Å². The van der Waals surface area contributed by atoms with Gasteiger partial charge in [0.25, 0.3) is 0 Å². The molecule has 1 rings (SSSR count). The van der Waals surface area contributed by atoms with E-state index in [0.717, 1.165) is 9.47 Å². The lowest BCUT2D eigenvalue weighted by Crippen LogP contribution is -1.74. The Hall–Kier alpha value is 0.270. The van der Waals surface area contributed by atoms with Gasteiger partial charge in [-0.1, -0.05) is 0 Å². The van der Waals surface area contributed by atoms with Crippen LogP contribution in [0.5, 0.6) is 0 Å². The summed E-state index contributed by atoms with van der Waals surface area (Å²) in [6.07, 6.45) is 0. The minimum absolute atomic E-state index is 0. The highest BCUT2D eigenvalue weighted by atomic mass is 79.9. The van der Waals surface area contributed by atoms with Crippen LogP contribution in [0.25, 0.3) is 0 Å². The maximum Gasteiger partial charge on any atom is 0.0719 e. The molecule has 1 nitrogen and oxygen atoms in total. The monoisotopic (exact) mass is 213 g/mol. The van der Waals surface area contributed by atoms with Crippen LogP contribution in [0.2, 0.25) is 0 Å². The van der Waals surface area contributed by atoms with Gasteiger partial charge in [0, 0.05) is 11.1 Å². The Morgan fingerprint density at radius 3 is 2.38 bits per heavy atom. The summed E-state index contributed by atoms with van der Waals surface area (Å²) < 4.78 is 1.09. The van der Waals surface area contributed by atoms with Crippen LogP contribution in [0.15, 0.2) is 15.2 Å². The van der Waals surface area contributed by atoms with Crippen molar-refractivity contribution in [2.75, 3.05) is 5.73 Å². The fourth-order valence-electron chi connectivity index (χ4n) is 0.323. The van der Waals surface area contributed by atoms with Crippen LogP contribution >= 0.6 is 39.7 Å². The van der Waals surface area contributed by atoms with Gasteiger partial charge in [0.2, 0.25) is 0 Å². The minimum atomic E-state index is 0. The Morgan fingerprint density at radius 1 is 1.62 bits per heavy atom. The Bertz CT molecular complexity index is 148. The van der Waals surface area contributed by atoms with Gasteiger partial charge in [0.1, 0.15) is 0 Å². The standard InChI is InChI=1S/C4H4BrNS.ClH/c5-4-1-3(6)2-7-4;/h1-2H,6H2;1H. The van der Waals surface area contributed by atoms with E-state index in [1.54, 1.807) is 11.3 Å². The number of nitrogen functional groups attached to an aromatic ring is 1. The summed E-state index contributed by atoms with van der Waals surface area (Å²) >= 11 is 4.87. The zero-order chi connectivity index (χ0) is 5.28. The van der Waals surface area contributed by atoms with Crippen molar-refractivity contribution in [3.8, 4) is 0 Å². The Morgan fingerprint density at radius 2 is 2.25 bits per heavy atom. The molecule has 0 amide bonds. The van der Waals surface area contributed by atoms with Crippen molar-refractivity contribution >= 4 is 45.4 Å². The van der Waals surface area contributed by atoms with Gasteiger partial charge in [-0.2, -0.15) is 0 Å². The van der Waals surface area contributed by atoms with Crippen molar-refractivity contribution in [3.05, 3.63) is 15.2 Å². The van der Waals surface area contributed by atoms with E-state index < -0.39 is 0 Å². The van der Waals surface area contributed by atoms with E-state index >= 15 is 0 Å². The zero-order valence-corrected chi connectivity index (χ0v) is 7.15.